The zero-order valence-corrected chi connectivity index (χ0v) is 14.2. The molecule has 1 saturated heterocycles. The van der Waals surface area contributed by atoms with Crippen molar-refractivity contribution >= 4 is 16.6 Å². The first-order valence-electron chi connectivity index (χ1n) is 8.39. The van der Waals surface area contributed by atoms with Crippen LogP contribution in [-0.2, 0) is 13.6 Å². The average Bonchev–Trinajstić information content (AvgIpc) is 2.66. The molecule has 0 atom stereocenters. The van der Waals surface area contributed by atoms with Crippen molar-refractivity contribution in [3.63, 3.8) is 0 Å². The molecule has 25 heavy (non-hydrogen) atoms. The van der Waals surface area contributed by atoms with Crippen molar-refractivity contribution in [2.45, 2.75) is 6.54 Å². The molecule has 0 N–H and O–H groups in total. The van der Waals surface area contributed by atoms with Crippen LogP contribution in [0.4, 0.5) is 5.69 Å². The van der Waals surface area contributed by atoms with Gasteiger partial charge < -0.3 is 4.90 Å². The zero-order valence-electron chi connectivity index (χ0n) is 14.2. The lowest BCUT2D eigenvalue weighted by molar-refractivity contribution is 0.248. The second-order valence-electron chi connectivity index (χ2n) is 6.31. The van der Waals surface area contributed by atoms with Gasteiger partial charge in [0.25, 0.3) is 5.56 Å². The molecule has 0 aliphatic carbocycles. The van der Waals surface area contributed by atoms with Crippen LogP contribution in [0.5, 0.6) is 0 Å². The number of aryl methyl sites for hydroxylation is 1. The first-order valence-corrected chi connectivity index (χ1v) is 8.39. The standard InChI is InChI=1S/C18H20N6O/c1-22-18(25)14(4-5-21-22)12-23-6-8-24(9-7-23)16-2-3-17-15(10-16)11-19-13-20-17/h2-5,10-11,13H,6-9,12H2,1H3. The Kier molecular flexibility index (Phi) is 4.15. The van der Waals surface area contributed by atoms with Crippen LogP contribution >= 0.6 is 0 Å². The Bertz CT molecular complexity index is 945. The number of anilines is 1. The fraction of sp³-hybridized carbons (Fsp3) is 0.333. The normalized spacial score (nSPS) is 15.6. The molecule has 3 heterocycles. The van der Waals surface area contributed by atoms with Crippen molar-refractivity contribution < 1.29 is 0 Å². The second-order valence-corrected chi connectivity index (χ2v) is 6.31. The fourth-order valence-corrected chi connectivity index (χ4v) is 3.25. The third-order valence-electron chi connectivity index (χ3n) is 4.70. The van der Waals surface area contributed by atoms with Gasteiger partial charge in [0.15, 0.2) is 0 Å². The van der Waals surface area contributed by atoms with Crippen LogP contribution in [0.2, 0.25) is 0 Å². The van der Waals surface area contributed by atoms with Crippen LogP contribution in [0.1, 0.15) is 5.56 Å². The largest absolute Gasteiger partial charge is 0.369 e. The fourth-order valence-electron chi connectivity index (χ4n) is 3.25. The number of fused-ring (bicyclic) bond motifs is 1. The molecule has 7 heteroatoms. The van der Waals surface area contributed by atoms with Crippen molar-refractivity contribution in [3.8, 4) is 0 Å². The van der Waals surface area contributed by atoms with E-state index in [1.165, 1.54) is 10.4 Å². The minimum atomic E-state index is -0.0144. The Hall–Kier alpha value is -2.80. The molecule has 3 aromatic rings. The summed E-state index contributed by atoms with van der Waals surface area (Å²) < 4.78 is 1.39. The Labute approximate surface area is 145 Å². The van der Waals surface area contributed by atoms with E-state index >= 15 is 0 Å². The molecular weight excluding hydrogens is 316 g/mol. The van der Waals surface area contributed by atoms with Crippen molar-refractivity contribution in [1.82, 2.24) is 24.6 Å². The topological polar surface area (TPSA) is 67.2 Å². The highest BCUT2D eigenvalue weighted by atomic mass is 16.1. The molecule has 2 aromatic heterocycles. The minimum Gasteiger partial charge on any atom is -0.369 e. The van der Waals surface area contributed by atoms with Gasteiger partial charge in [-0.3, -0.25) is 9.69 Å². The molecule has 1 fully saturated rings. The lowest BCUT2D eigenvalue weighted by Crippen LogP contribution is -2.46. The van der Waals surface area contributed by atoms with Crippen molar-refractivity contribution in [2.24, 2.45) is 7.05 Å². The maximum atomic E-state index is 12.1. The Balaban J connectivity index is 1.43. The van der Waals surface area contributed by atoms with Crippen LogP contribution in [-0.4, -0.2) is 50.8 Å². The van der Waals surface area contributed by atoms with E-state index in [9.17, 15) is 4.79 Å². The van der Waals surface area contributed by atoms with Gasteiger partial charge in [-0.25, -0.2) is 14.6 Å². The summed E-state index contributed by atoms with van der Waals surface area (Å²) >= 11 is 0. The maximum Gasteiger partial charge on any atom is 0.270 e. The zero-order chi connectivity index (χ0) is 17.2. The molecule has 0 amide bonds. The highest BCUT2D eigenvalue weighted by Gasteiger charge is 2.18. The highest BCUT2D eigenvalue weighted by Crippen LogP contribution is 2.21. The van der Waals surface area contributed by atoms with E-state index in [0.717, 1.165) is 42.6 Å². The van der Waals surface area contributed by atoms with E-state index in [-0.39, 0.29) is 5.56 Å². The average molecular weight is 336 g/mol. The van der Waals surface area contributed by atoms with Crippen LogP contribution < -0.4 is 10.5 Å². The van der Waals surface area contributed by atoms with Crippen LogP contribution in [0.3, 0.4) is 0 Å². The van der Waals surface area contributed by atoms with E-state index in [4.69, 9.17) is 0 Å². The van der Waals surface area contributed by atoms with E-state index in [1.54, 1.807) is 19.6 Å². The molecule has 128 valence electrons. The van der Waals surface area contributed by atoms with Gasteiger partial charge in [0.2, 0.25) is 0 Å². The van der Waals surface area contributed by atoms with Crippen LogP contribution in [0.15, 0.2) is 47.8 Å². The predicted octanol–water partition coefficient (Wildman–Crippen LogP) is 1.05. The summed E-state index contributed by atoms with van der Waals surface area (Å²) in [7, 11) is 1.69. The number of hydrogen-bond acceptors (Lipinski definition) is 6. The molecule has 0 saturated carbocycles. The van der Waals surface area contributed by atoms with Gasteiger partial charge in [-0.2, -0.15) is 5.10 Å². The smallest absolute Gasteiger partial charge is 0.270 e. The first-order chi connectivity index (χ1) is 12.2. The van der Waals surface area contributed by atoms with Gasteiger partial charge in [-0.15, -0.1) is 0 Å². The summed E-state index contributed by atoms with van der Waals surface area (Å²) in [6.45, 7) is 4.40. The quantitative estimate of drug-likeness (QED) is 0.712. The van der Waals surface area contributed by atoms with Gasteiger partial charge in [-0.1, -0.05) is 0 Å². The van der Waals surface area contributed by atoms with Gasteiger partial charge in [0, 0.05) is 68.8 Å². The van der Waals surface area contributed by atoms with E-state index in [1.807, 2.05) is 18.3 Å². The van der Waals surface area contributed by atoms with Gasteiger partial charge >= 0.3 is 0 Å². The van der Waals surface area contributed by atoms with E-state index < -0.39 is 0 Å². The first kappa shape index (κ1) is 15.7. The minimum absolute atomic E-state index is 0.0144. The van der Waals surface area contributed by atoms with Crippen molar-refractivity contribution in [3.05, 3.63) is 58.9 Å². The van der Waals surface area contributed by atoms with E-state index in [0.29, 0.717) is 6.54 Å². The van der Waals surface area contributed by atoms with Crippen LogP contribution in [0, 0.1) is 0 Å². The molecule has 4 rings (SSSR count). The number of piperazine rings is 1. The predicted molar refractivity (Wildman–Crippen MR) is 96.5 cm³/mol. The molecule has 7 nitrogen and oxygen atoms in total. The van der Waals surface area contributed by atoms with Gasteiger partial charge in [0.05, 0.1) is 5.52 Å². The van der Waals surface area contributed by atoms with Crippen molar-refractivity contribution in [2.75, 3.05) is 31.1 Å². The molecule has 0 spiro atoms. The number of aromatic nitrogens is 4. The van der Waals surface area contributed by atoms with Gasteiger partial charge in [-0.05, 0) is 24.3 Å². The molecule has 1 aliphatic heterocycles. The summed E-state index contributed by atoms with van der Waals surface area (Å²) in [6.07, 6.45) is 5.11. The second kappa shape index (κ2) is 6.60. The van der Waals surface area contributed by atoms with E-state index in [2.05, 4.69) is 37.0 Å². The number of rotatable bonds is 3. The third-order valence-corrected chi connectivity index (χ3v) is 4.70. The summed E-state index contributed by atoms with van der Waals surface area (Å²) in [5, 5.41) is 5.03. The molecule has 0 bridgehead atoms. The van der Waals surface area contributed by atoms with Gasteiger partial charge in [0.1, 0.15) is 6.33 Å². The monoisotopic (exact) mass is 336 g/mol. The Morgan fingerprint density at radius 3 is 2.80 bits per heavy atom. The SMILES string of the molecule is Cn1nccc(CN2CCN(c3ccc4ncncc4c3)CC2)c1=O. The van der Waals surface area contributed by atoms with Crippen LogP contribution in [0.25, 0.3) is 10.9 Å². The molecular formula is C18H20N6O. The Morgan fingerprint density at radius 1 is 1.12 bits per heavy atom. The summed E-state index contributed by atoms with van der Waals surface area (Å²) in [5.74, 6) is 0. The molecule has 0 radical (unpaired) electrons. The maximum absolute atomic E-state index is 12.1. The summed E-state index contributed by atoms with van der Waals surface area (Å²) in [6, 6.07) is 8.12. The van der Waals surface area contributed by atoms with Crippen molar-refractivity contribution in [1.29, 1.82) is 0 Å². The lowest BCUT2D eigenvalue weighted by atomic mass is 10.2. The third kappa shape index (κ3) is 3.23. The summed E-state index contributed by atoms with van der Waals surface area (Å²) in [5.41, 5.74) is 2.95. The number of benzene rings is 1. The molecule has 0 unspecified atom stereocenters. The lowest BCUT2D eigenvalue weighted by Gasteiger charge is -2.36. The molecule has 1 aliphatic rings. The molecule has 1 aromatic carbocycles. The highest BCUT2D eigenvalue weighted by molar-refractivity contribution is 5.81. The Morgan fingerprint density at radius 2 is 1.96 bits per heavy atom. The summed E-state index contributed by atoms with van der Waals surface area (Å²) in [4.78, 5) is 25.2. The number of hydrogen-bond donors (Lipinski definition) is 0. The number of nitrogens with zero attached hydrogens (tertiary/aromatic N) is 6.